The summed E-state index contributed by atoms with van der Waals surface area (Å²) in [4.78, 5) is 12.3. The Kier molecular flexibility index (Phi) is 5.15. The molecule has 0 aromatic heterocycles. The molecule has 5 heteroatoms. The van der Waals surface area contributed by atoms with Crippen molar-refractivity contribution in [3.8, 4) is 0 Å². The molecular formula is C14H25NO3S. The van der Waals surface area contributed by atoms with Crippen LogP contribution >= 0.6 is 11.8 Å². The number of aliphatic hydroxyl groups excluding tert-OH is 1. The van der Waals surface area contributed by atoms with Crippen molar-refractivity contribution in [2.75, 3.05) is 13.2 Å². The van der Waals surface area contributed by atoms with E-state index in [2.05, 4.69) is 5.32 Å². The number of hydrogen-bond acceptors (Lipinski definition) is 5. The number of hydrogen-bond donors (Lipinski definition) is 2. The number of ether oxygens (including phenoxy) is 1. The van der Waals surface area contributed by atoms with Crippen LogP contribution in [-0.2, 0) is 9.53 Å². The first-order valence-electron chi connectivity index (χ1n) is 7.31. The topological polar surface area (TPSA) is 58.6 Å². The number of esters is 1. The van der Waals surface area contributed by atoms with Gasteiger partial charge in [0.1, 0.15) is 5.54 Å². The fourth-order valence-corrected chi connectivity index (χ4v) is 4.13. The lowest BCUT2D eigenvalue weighted by molar-refractivity contribution is -0.151. The Morgan fingerprint density at radius 1 is 1.53 bits per heavy atom. The molecule has 2 N–H and O–H groups in total. The van der Waals surface area contributed by atoms with E-state index in [0.29, 0.717) is 17.9 Å². The third kappa shape index (κ3) is 3.86. The fourth-order valence-electron chi connectivity index (χ4n) is 2.75. The Bertz CT molecular complexity index is 322. The van der Waals surface area contributed by atoms with Crippen molar-refractivity contribution in [1.82, 2.24) is 5.32 Å². The van der Waals surface area contributed by atoms with Gasteiger partial charge in [-0.1, -0.05) is 6.92 Å². The molecule has 0 heterocycles. The van der Waals surface area contributed by atoms with E-state index in [9.17, 15) is 4.79 Å². The Morgan fingerprint density at radius 3 is 2.84 bits per heavy atom. The molecule has 4 nitrogen and oxygen atoms in total. The zero-order chi connectivity index (χ0) is 13.9. The molecule has 19 heavy (non-hydrogen) atoms. The highest BCUT2D eigenvalue weighted by Gasteiger charge is 2.49. The Morgan fingerprint density at radius 2 is 2.26 bits per heavy atom. The van der Waals surface area contributed by atoms with Gasteiger partial charge in [0.05, 0.1) is 13.2 Å². The SMILES string of the molecule is CCOC(=O)C1(NC2CC2)CCC(SC(C)CO)C1. The lowest BCUT2D eigenvalue weighted by Crippen LogP contribution is -2.52. The predicted octanol–water partition coefficient (Wildman–Crippen LogP) is 1.71. The van der Waals surface area contributed by atoms with Crippen LogP contribution in [-0.4, -0.2) is 46.4 Å². The minimum Gasteiger partial charge on any atom is -0.465 e. The molecule has 3 atom stereocenters. The van der Waals surface area contributed by atoms with Crippen LogP contribution in [0.4, 0.5) is 0 Å². The first-order chi connectivity index (χ1) is 9.09. The van der Waals surface area contributed by atoms with E-state index < -0.39 is 5.54 Å². The molecule has 0 amide bonds. The van der Waals surface area contributed by atoms with Crippen molar-refractivity contribution < 1.29 is 14.6 Å². The first-order valence-corrected chi connectivity index (χ1v) is 8.25. The molecule has 110 valence electrons. The van der Waals surface area contributed by atoms with Gasteiger partial charge in [-0.25, -0.2) is 0 Å². The average molecular weight is 287 g/mol. The van der Waals surface area contributed by atoms with Gasteiger partial charge >= 0.3 is 5.97 Å². The molecule has 0 spiro atoms. The van der Waals surface area contributed by atoms with Crippen molar-refractivity contribution in [1.29, 1.82) is 0 Å². The number of aliphatic hydroxyl groups is 1. The van der Waals surface area contributed by atoms with E-state index in [4.69, 9.17) is 9.84 Å². The molecule has 0 aromatic rings. The highest BCUT2D eigenvalue weighted by molar-refractivity contribution is 8.00. The Balaban J connectivity index is 1.97. The molecular weight excluding hydrogens is 262 g/mol. The summed E-state index contributed by atoms with van der Waals surface area (Å²) in [7, 11) is 0. The van der Waals surface area contributed by atoms with Crippen LogP contribution in [0.15, 0.2) is 0 Å². The first kappa shape index (κ1) is 15.1. The molecule has 0 bridgehead atoms. The zero-order valence-electron chi connectivity index (χ0n) is 11.9. The maximum absolute atomic E-state index is 12.3. The highest BCUT2D eigenvalue weighted by Crippen LogP contribution is 2.41. The standard InChI is InChI=1S/C14H25NO3S/c1-3-18-13(17)14(15-11-4-5-11)7-6-12(8-14)19-10(2)9-16/h10-12,15-16H,3-9H2,1-2H3. The van der Waals surface area contributed by atoms with Gasteiger partial charge in [0, 0.05) is 16.5 Å². The summed E-state index contributed by atoms with van der Waals surface area (Å²) in [6.45, 7) is 4.53. The van der Waals surface area contributed by atoms with Gasteiger partial charge in [0.15, 0.2) is 0 Å². The third-order valence-electron chi connectivity index (χ3n) is 3.88. The molecule has 2 fully saturated rings. The molecule has 2 saturated carbocycles. The minimum atomic E-state index is -0.468. The van der Waals surface area contributed by atoms with Crippen LogP contribution in [0.3, 0.4) is 0 Å². The lowest BCUT2D eigenvalue weighted by atomic mass is 9.97. The molecule has 2 aliphatic carbocycles. The van der Waals surface area contributed by atoms with E-state index in [-0.39, 0.29) is 17.8 Å². The second kappa shape index (κ2) is 6.46. The number of nitrogens with one attached hydrogen (secondary N) is 1. The van der Waals surface area contributed by atoms with E-state index in [1.165, 1.54) is 12.8 Å². The van der Waals surface area contributed by atoms with Crippen LogP contribution in [0.5, 0.6) is 0 Å². The molecule has 3 unspecified atom stereocenters. The Labute approximate surface area is 119 Å². The Hall–Kier alpha value is -0.260. The highest BCUT2D eigenvalue weighted by atomic mass is 32.2. The molecule has 0 aliphatic heterocycles. The summed E-state index contributed by atoms with van der Waals surface area (Å²) in [6, 6.07) is 0.503. The predicted molar refractivity (Wildman–Crippen MR) is 77.3 cm³/mol. The molecule has 0 radical (unpaired) electrons. The molecule has 0 saturated heterocycles. The van der Waals surface area contributed by atoms with Crippen molar-refractivity contribution in [3.63, 3.8) is 0 Å². The van der Waals surface area contributed by atoms with Gasteiger partial charge in [0.2, 0.25) is 0 Å². The molecule has 2 aliphatic rings. The van der Waals surface area contributed by atoms with Crippen molar-refractivity contribution in [2.45, 2.75) is 68.0 Å². The summed E-state index contributed by atoms with van der Waals surface area (Å²) < 4.78 is 5.28. The van der Waals surface area contributed by atoms with Crippen LogP contribution < -0.4 is 5.32 Å². The van der Waals surface area contributed by atoms with Gasteiger partial charge in [-0.2, -0.15) is 11.8 Å². The summed E-state index contributed by atoms with van der Waals surface area (Å²) >= 11 is 1.79. The number of rotatable bonds is 7. The minimum absolute atomic E-state index is 0.0818. The van der Waals surface area contributed by atoms with Crippen LogP contribution in [0.1, 0.15) is 46.0 Å². The second-order valence-electron chi connectivity index (χ2n) is 5.72. The maximum atomic E-state index is 12.3. The third-order valence-corrected chi connectivity index (χ3v) is 5.28. The largest absolute Gasteiger partial charge is 0.465 e. The van der Waals surface area contributed by atoms with E-state index in [0.717, 1.165) is 19.3 Å². The van der Waals surface area contributed by atoms with E-state index in [1.54, 1.807) is 11.8 Å². The fraction of sp³-hybridized carbons (Fsp3) is 0.929. The van der Waals surface area contributed by atoms with Crippen molar-refractivity contribution >= 4 is 17.7 Å². The summed E-state index contributed by atoms with van der Waals surface area (Å²) in [5.41, 5.74) is -0.468. The normalized spacial score (nSPS) is 32.3. The zero-order valence-corrected chi connectivity index (χ0v) is 12.7. The quantitative estimate of drug-likeness (QED) is 0.698. The maximum Gasteiger partial charge on any atom is 0.326 e. The van der Waals surface area contributed by atoms with E-state index >= 15 is 0 Å². The molecule has 0 aromatic carbocycles. The van der Waals surface area contributed by atoms with Crippen LogP contribution in [0.25, 0.3) is 0 Å². The summed E-state index contributed by atoms with van der Waals surface area (Å²) in [5, 5.41) is 13.3. The summed E-state index contributed by atoms with van der Waals surface area (Å²) in [5.74, 6) is -0.0818. The van der Waals surface area contributed by atoms with Gasteiger partial charge in [0.25, 0.3) is 0 Å². The monoisotopic (exact) mass is 287 g/mol. The van der Waals surface area contributed by atoms with E-state index in [1.807, 2.05) is 13.8 Å². The van der Waals surface area contributed by atoms with Crippen molar-refractivity contribution in [3.05, 3.63) is 0 Å². The molecule has 2 rings (SSSR count). The second-order valence-corrected chi connectivity index (χ2v) is 7.46. The lowest BCUT2D eigenvalue weighted by Gasteiger charge is -2.28. The van der Waals surface area contributed by atoms with Gasteiger partial charge in [-0.3, -0.25) is 10.1 Å². The smallest absolute Gasteiger partial charge is 0.326 e. The number of carbonyl (C=O) groups excluding carboxylic acids is 1. The number of thioether (sulfide) groups is 1. The average Bonchev–Trinajstić information content (AvgIpc) is 3.10. The van der Waals surface area contributed by atoms with Gasteiger partial charge < -0.3 is 9.84 Å². The number of carbonyl (C=O) groups is 1. The van der Waals surface area contributed by atoms with Crippen LogP contribution in [0, 0.1) is 0 Å². The van der Waals surface area contributed by atoms with Gasteiger partial charge in [-0.15, -0.1) is 0 Å². The van der Waals surface area contributed by atoms with Crippen LogP contribution in [0.2, 0.25) is 0 Å². The van der Waals surface area contributed by atoms with Crippen molar-refractivity contribution in [2.24, 2.45) is 0 Å². The summed E-state index contributed by atoms with van der Waals surface area (Å²) in [6.07, 6.45) is 5.06. The van der Waals surface area contributed by atoms with Gasteiger partial charge in [-0.05, 0) is 39.0 Å².